The third-order valence-electron chi connectivity index (χ3n) is 11.9. The second-order valence-electron chi connectivity index (χ2n) is 17.0. The maximum absolute atomic E-state index is 13.2. The number of amides is 1. The molecule has 10 atom stereocenters. The number of aliphatic hydroxyl groups is 1. The first-order chi connectivity index (χ1) is 33.5. The lowest BCUT2D eigenvalue weighted by molar-refractivity contribution is -0.333. The number of aliphatic hydroxyl groups excluding tert-OH is 1. The largest absolute Gasteiger partial charge is 0.374 e. The van der Waals surface area contributed by atoms with Gasteiger partial charge in [0.2, 0.25) is 5.91 Å². The van der Waals surface area contributed by atoms with Gasteiger partial charge in [0.25, 0.3) is 0 Å². The van der Waals surface area contributed by atoms with Crippen LogP contribution >= 0.6 is 0 Å². The average molecular weight is 924 g/mol. The smallest absolute Gasteiger partial charge is 0.217 e. The van der Waals surface area contributed by atoms with Crippen LogP contribution in [0.3, 0.4) is 0 Å². The van der Waals surface area contributed by atoms with Crippen molar-refractivity contribution < 1.29 is 52.5 Å². The van der Waals surface area contributed by atoms with Crippen LogP contribution in [0.5, 0.6) is 0 Å². The van der Waals surface area contributed by atoms with Crippen molar-refractivity contribution in [2.24, 2.45) is 0 Å². The highest BCUT2D eigenvalue weighted by Gasteiger charge is 2.51. The van der Waals surface area contributed by atoms with Gasteiger partial charge in [-0.1, -0.05) is 182 Å². The first kappa shape index (κ1) is 48.8. The van der Waals surface area contributed by atoms with Gasteiger partial charge in [-0.25, -0.2) is 0 Å². The fourth-order valence-corrected chi connectivity index (χ4v) is 8.46. The summed E-state index contributed by atoms with van der Waals surface area (Å²) in [5.41, 5.74) is 5.67. The molecule has 6 aromatic rings. The van der Waals surface area contributed by atoms with Crippen LogP contribution in [0.2, 0.25) is 0 Å². The summed E-state index contributed by atoms with van der Waals surface area (Å²) in [6, 6.07) is 58.0. The molecule has 6 aromatic carbocycles. The molecule has 2 heterocycles. The molecule has 2 fully saturated rings. The second kappa shape index (κ2) is 25.7. The van der Waals surface area contributed by atoms with Crippen molar-refractivity contribution in [2.45, 2.75) is 108 Å². The zero-order valence-electron chi connectivity index (χ0n) is 38.3. The van der Waals surface area contributed by atoms with E-state index in [0.717, 1.165) is 33.4 Å². The number of hydrogen-bond acceptors (Lipinski definition) is 11. The molecular weight excluding hydrogens is 863 g/mol. The summed E-state index contributed by atoms with van der Waals surface area (Å²) in [6.45, 7) is 2.83. The van der Waals surface area contributed by atoms with E-state index >= 15 is 0 Å². The van der Waals surface area contributed by atoms with Gasteiger partial charge in [0.15, 0.2) is 12.6 Å². The Morgan fingerprint density at radius 1 is 0.426 bits per heavy atom. The summed E-state index contributed by atoms with van der Waals surface area (Å²) in [5.74, 6) is -0.317. The van der Waals surface area contributed by atoms with E-state index in [1.54, 1.807) is 0 Å². The quantitative estimate of drug-likeness (QED) is 0.0647. The Morgan fingerprint density at radius 2 is 0.765 bits per heavy atom. The van der Waals surface area contributed by atoms with Gasteiger partial charge in [0.1, 0.15) is 48.8 Å². The van der Waals surface area contributed by atoms with Crippen LogP contribution in [-0.2, 0) is 87.1 Å². The van der Waals surface area contributed by atoms with Crippen molar-refractivity contribution in [2.75, 3.05) is 13.2 Å². The molecule has 2 aliphatic heterocycles. The van der Waals surface area contributed by atoms with Crippen molar-refractivity contribution in [1.29, 1.82) is 0 Å². The molecule has 0 radical (unpaired) electrons. The number of hydrogen-bond donors (Lipinski definition) is 2. The summed E-state index contributed by atoms with van der Waals surface area (Å²) in [6.07, 6.45) is -8.26. The molecule has 2 saturated heterocycles. The highest BCUT2D eigenvalue weighted by atomic mass is 16.7. The van der Waals surface area contributed by atoms with Crippen molar-refractivity contribution >= 4 is 5.91 Å². The third kappa shape index (κ3) is 14.2. The van der Waals surface area contributed by atoms with E-state index in [1.165, 1.54) is 6.92 Å². The van der Waals surface area contributed by atoms with E-state index in [0.29, 0.717) is 6.61 Å². The number of carbonyl (C=O) groups is 1. The van der Waals surface area contributed by atoms with Gasteiger partial charge >= 0.3 is 0 Å². The molecule has 0 saturated carbocycles. The van der Waals surface area contributed by atoms with Gasteiger partial charge < -0.3 is 53.1 Å². The molecule has 2 N–H and O–H groups in total. The minimum absolute atomic E-state index is 0.115. The molecule has 0 aromatic heterocycles. The van der Waals surface area contributed by atoms with E-state index in [9.17, 15) is 9.90 Å². The predicted molar refractivity (Wildman–Crippen MR) is 254 cm³/mol. The second-order valence-corrected chi connectivity index (χ2v) is 17.0. The predicted octanol–water partition coefficient (Wildman–Crippen LogP) is 8.09. The van der Waals surface area contributed by atoms with Crippen LogP contribution in [0.15, 0.2) is 182 Å². The van der Waals surface area contributed by atoms with E-state index in [-0.39, 0.29) is 52.2 Å². The highest BCUT2D eigenvalue weighted by Crippen LogP contribution is 2.33. The van der Waals surface area contributed by atoms with Crippen molar-refractivity contribution in [3.63, 3.8) is 0 Å². The fourth-order valence-electron chi connectivity index (χ4n) is 8.46. The Bertz CT molecular complexity index is 2330. The van der Waals surface area contributed by atoms with Gasteiger partial charge in [0, 0.05) is 6.92 Å². The molecular formula is C56H61NO11. The molecule has 8 rings (SSSR count). The van der Waals surface area contributed by atoms with Gasteiger partial charge in [-0.05, 0) is 33.4 Å². The number of ether oxygens (including phenoxy) is 9. The van der Waals surface area contributed by atoms with E-state index in [4.69, 9.17) is 42.6 Å². The average Bonchev–Trinajstić information content (AvgIpc) is 3.38. The lowest BCUT2D eigenvalue weighted by Crippen LogP contribution is -2.66. The fraction of sp³-hybridized carbons (Fsp3) is 0.339. The van der Waals surface area contributed by atoms with Crippen LogP contribution in [0.25, 0.3) is 0 Å². The molecule has 12 nitrogen and oxygen atoms in total. The molecule has 0 spiro atoms. The molecule has 12 heteroatoms. The maximum atomic E-state index is 13.2. The first-order valence-electron chi connectivity index (χ1n) is 23.2. The SMILES string of the molecule is CC(=O)N[C@H]1[C@@H](OC[C@H]2O[C@H](O)[C@H](OCc3ccccc3)[C@@H](OCc3ccccc3)[C@@H]2OCc2ccccc2)O[C@H](COCc2ccccc2)[C@H](OCc2ccccc2)[C@@H]1OCc1ccccc1. The molecule has 68 heavy (non-hydrogen) atoms. The Labute approximate surface area is 399 Å². The number of benzene rings is 6. The van der Waals surface area contributed by atoms with Crippen LogP contribution in [0.1, 0.15) is 40.3 Å². The van der Waals surface area contributed by atoms with Crippen molar-refractivity contribution in [1.82, 2.24) is 5.32 Å². The summed E-state index contributed by atoms with van der Waals surface area (Å²) < 4.78 is 59.9. The number of carbonyl (C=O) groups excluding carboxylic acids is 1. The normalized spacial score (nSPS) is 24.9. The summed E-state index contributed by atoms with van der Waals surface area (Å²) in [4.78, 5) is 13.2. The summed E-state index contributed by atoms with van der Waals surface area (Å²) in [7, 11) is 0. The number of nitrogens with one attached hydrogen (secondary N) is 1. The van der Waals surface area contributed by atoms with Gasteiger partial charge in [-0.3, -0.25) is 4.79 Å². The molecule has 1 amide bonds. The van der Waals surface area contributed by atoms with Crippen LogP contribution in [-0.4, -0.2) is 85.6 Å². The van der Waals surface area contributed by atoms with Crippen LogP contribution < -0.4 is 5.32 Å². The van der Waals surface area contributed by atoms with Crippen LogP contribution in [0.4, 0.5) is 0 Å². The summed E-state index contributed by atoms with van der Waals surface area (Å²) in [5, 5.41) is 14.9. The Hall–Kier alpha value is -5.61. The summed E-state index contributed by atoms with van der Waals surface area (Å²) >= 11 is 0. The topological polar surface area (TPSA) is 132 Å². The monoisotopic (exact) mass is 923 g/mol. The molecule has 0 unspecified atom stereocenters. The Kier molecular flexibility index (Phi) is 18.4. The van der Waals surface area contributed by atoms with Crippen molar-refractivity contribution in [3.05, 3.63) is 215 Å². The Balaban J connectivity index is 1.09. The van der Waals surface area contributed by atoms with Crippen LogP contribution in [0, 0.1) is 0 Å². The lowest BCUT2D eigenvalue weighted by atomic mass is 9.95. The zero-order chi connectivity index (χ0) is 46.8. The minimum Gasteiger partial charge on any atom is -0.374 e. The van der Waals surface area contributed by atoms with Crippen molar-refractivity contribution in [3.8, 4) is 0 Å². The highest BCUT2D eigenvalue weighted by molar-refractivity contribution is 5.73. The third-order valence-corrected chi connectivity index (χ3v) is 11.9. The molecule has 356 valence electrons. The maximum Gasteiger partial charge on any atom is 0.217 e. The zero-order valence-corrected chi connectivity index (χ0v) is 38.3. The first-order valence-corrected chi connectivity index (χ1v) is 23.2. The standard InChI is InChI=1S/C56H61NO11/c1-40(58)57-49-52(63-35-44-26-14-5-15-27-44)50(61-33-42-22-10-3-11-23-42)47(38-60-32-41-20-8-2-9-21-41)68-56(49)66-39-48-51(62-34-43-24-12-4-13-25-43)53(64-36-45-28-16-6-17-29-45)54(55(59)67-48)65-37-46-30-18-7-19-31-46/h2-31,47-56,59H,32-39H2,1H3,(H,57,58)/t47-,48-,49-,50+,51-,52-,53+,54-,55+,56+/m1/s1. The minimum atomic E-state index is -1.43. The van der Waals surface area contributed by atoms with Gasteiger partial charge in [-0.2, -0.15) is 0 Å². The van der Waals surface area contributed by atoms with Gasteiger partial charge in [0.05, 0.1) is 52.9 Å². The van der Waals surface area contributed by atoms with E-state index < -0.39 is 61.3 Å². The van der Waals surface area contributed by atoms with E-state index in [1.807, 2.05) is 182 Å². The lowest BCUT2D eigenvalue weighted by Gasteiger charge is -2.47. The molecule has 2 aliphatic rings. The number of rotatable bonds is 23. The molecule has 0 bridgehead atoms. The molecule has 0 aliphatic carbocycles. The van der Waals surface area contributed by atoms with E-state index in [2.05, 4.69) is 5.32 Å². The van der Waals surface area contributed by atoms with Gasteiger partial charge in [-0.15, -0.1) is 0 Å². The Morgan fingerprint density at radius 3 is 1.18 bits per heavy atom.